The molecule has 13 heteroatoms. The number of esters is 1. The van der Waals surface area contributed by atoms with Gasteiger partial charge in [0.25, 0.3) is 11.8 Å². The van der Waals surface area contributed by atoms with Crippen molar-refractivity contribution in [1.29, 1.82) is 0 Å². The number of nitrogens with one attached hydrogen (secondary N) is 2. The molecule has 10 nitrogen and oxygen atoms in total. The van der Waals surface area contributed by atoms with Crippen molar-refractivity contribution in [2.75, 3.05) is 19.0 Å². The van der Waals surface area contributed by atoms with Gasteiger partial charge in [0.1, 0.15) is 17.4 Å². The van der Waals surface area contributed by atoms with E-state index in [1.165, 1.54) is 24.7 Å². The van der Waals surface area contributed by atoms with Crippen molar-refractivity contribution in [2.24, 2.45) is 5.10 Å². The SMILES string of the molecule is CCOC(=O)c1c(NC(=O)c2ccc(OC(C)C(=O)NN=Cc3ccc(OCc4c(Cl)cccc4Cl)c(OC)c3)cc2)sc(C)c1C. The van der Waals surface area contributed by atoms with Crippen LogP contribution >= 0.6 is 34.5 Å². The molecule has 0 bridgehead atoms. The summed E-state index contributed by atoms with van der Waals surface area (Å²) in [6, 6.07) is 16.7. The van der Waals surface area contributed by atoms with Crippen molar-refractivity contribution in [2.45, 2.75) is 40.4 Å². The quantitative estimate of drug-likeness (QED) is 0.0837. The molecular weight excluding hydrogens is 665 g/mol. The number of hydrogen-bond acceptors (Lipinski definition) is 9. The predicted octanol–water partition coefficient (Wildman–Crippen LogP) is 7.61. The summed E-state index contributed by atoms with van der Waals surface area (Å²) in [5.74, 6) is -0.0533. The smallest absolute Gasteiger partial charge is 0.341 e. The lowest BCUT2D eigenvalue weighted by molar-refractivity contribution is -0.127. The van der Waals surface area contributed by atoms with Crippen LogP contribution < -0.4 is 25.0 Å². The average Bonchev–Trinajstić information content (AvgIpc) is 3.33. The Morgan fingerprint density at radius 3 is 2.36 bits per heavy atom. The Hall–Kier alpha value is -4.58. The van der Waals surface area contributed by atoms with Crippen molar-refractivity contribution in [3.05, 3.63) is 103 Å². The van der Waals surface area contributed by atoms with Crippen molar-refractivity contribution >= 4 is 63.5 Å². The third kappa shape index (κ3) is 9.03. The van der Waals surface area contributed by atoms with Crippen LogP contribution in [-0.2, 0) is 16.1 Å². The highest BCUT2D eigenvalue weighted by molar-refractivity contribution is 7.16. The van der Waals surface area contributed by atoms with Gasteiger partial charge in [-0.2, -0.15) is 5.10 Å². The highest BCUT2D eigenvalue weighted by Gasteiger charge is 2.23. The van der Waals surface area contributed by atoms with Gasteiger partial charge in [-0.05, 0) is 93.4 Å². The van der Waals surface area contributed by atoms with Gasteiger partial charge in [0.15, 0.2) is 17.6 Å². The Morgan fingerprint density at radius 1 is 1.00 bits per heavy atom. The Bertz CT molecular complexity index is 1770. The fraction of sp³-hybridized carbons (Fsp3) is 0.235. The molecule has 1 aromatic heterocycles. The molecule has 0 saturated carbocycles. The second-order valence-electron chi connectivity index (χ2n) is 10.1. The molecule has 246 valence electrons. The largest absolute Gasteiger partial charge is 0.493 e. The van der Waals surface area contributed by atoms with Crippen LogP contribution in [0.4, 0.5) is 5.00 Å². The molecule has 0 aliphatic heterocycles. The number of rotatable bonds is 13. The number of thiophene rings is 1. The zero-order valence-electron chi connectivity index (χ0n) is 26.3. The molecule has 0 fully saturated rings. The van der Waals surface area contributed by atoms with Crippen LogP contribution in [0.25, 0.3) is 0 Å². The molecule has 4 rings (SSSR count). The van der Waals surface area contributed by atoms with Crippen LogP contribution in [0.2, 0.25) is 10.0 Å². The number of anilines is 1. The minimum Gasteiger partial charge on any atom is -0.493 e. The number of carbonyl (C=O) groups is 3. The van der Waals surface area contributed by atoms with Gasteiger partial charge in [-0.15, -0.1) is 11.3 Å². The Kier molecular flexibility index (Phi) is 12.2. The Labute approximate surface area is 286 Å². The lowest BCUT2D eigenvalue weighted by Crippen LogP contribution is -2.33. The van der Waals surface area contributed by atoms with E-state index in [0.717, 1.165) is 10.4 Å². The van der Waals surface area contributed by atoms with Crippen LogP contribution in [0, 0.1) is 13.8 Å². The highest BCUT2D eigenvalue weighted by atomic mass is 35.5. The number of carbonyl (C=O) groups excluding carboxylic acids is 3. The first-order valence-electron chi connectivity index (χ1n) is 14.4. The molecule has 0 radical (unpaired) electrons. The van der Waals surface area contributed by atoms with Gasteiger partial charge >= 0.3 is 5.97 Å². The van der Waals surface area contributed by atoms with Gasteiger partial charge in [0.05, 0.1) is 25.5 Å². The normalized spacial score (nSPS) is 11.6. The van der Waals surface area contributed by atoms with E-state index in [4.69, 9.17) is 42.1 Å². The maximum atomic E-state index is 12.9. The summed E-state index contributed by atoms with van der Waals surface area (Å²) in [5.41, 5.74) is 5.23. The van der Waals surface area contributed by atoms with Gasteiger partial charge in [0, 0.05) is 26.0 Å². The van der Waals surface area contributed by atoms with Crippen molar-refractivity contribution < 1.29 is 33.3 Å². The fourth-order valence-corrected chi connectivity index (χ4v) is 5.80. The van der Waals surface area contributed by atoms with Crippen molar-refractivity contribution in [1.82, 2.24) is 5.43 Å². The van der Waals surface area contributed by atoms with Gasteiger partial charge < -0.3 is 24.3 Å². The summed E-state index contributed by atoms with van der Waals surface area (Å²) in [4.78, 5) is 38.9. The first-order valence-corrected chi connectivity index (χ1v) is 16.0. The van der Waals surface area contributed by atoms with E-state index < -0.39 is 23.9 Å². The summed E-state index contributed by atoms with van der Waals surface area (Å²) < 4.78 is 22.2. The Balaban J connectivity index is 1.30. The number of methoxy groups -OCH3 is 1. The minimum absolute atomic E-state index is 0.152. The number of halogens is 2. The second kappa shape index (κ2) is 16.3. The molecule has 0 aliphatic carbocycles. The van der Waals surface area contributed by atoms with Crippen LogP contribution in [-0.4, -0.2) is 43.8 Å². The third-order valence-electron chi connectivity index (χ3n) is 6.90. The summed E-state index contributed by atoms with van der Waals surface area (Å²) in [7, 11) is 1.51. The molecule has 1 atom stereocenters. The maximum absolute atomic E-state index is 12.9. The third-order valence-corrected chi connectivity index (χ3v) is 8.73. The zero-order valence-corrected chi connectivity index (χ0v) is 28.6. The van der Waals surface area contributed by atoms with E-state index in [1.807, 2.05) is 13.8 Å². The van der Waals surface area contributed by atoms with Gasteiger partial charge in [0.2, 0.25) is 0 Å². The molecule has 2 amide bonds. The van der Waals surface area contributed by atoms with E-state index in [9.17, 15) is 14.4 Å². The topological polar surface area (TPSA) is 125 Å². The molecule has 3 aromatic carbocycles. The van der Waals surface area contributed by atoms with E-state index >= 15 is 0 Å². The zero-order chi connectivity index (χ0) is 34.1. The molecule has 4 aromatic rings. The predicted molar refractivity (Wildman–Crippen MR) is 184 cm³/mol. The minimum atomic E-state index is -0.891. The van der Waals surface area contributed by atoms with Crippen molar-refractivity contribution in [3.63, 3.8) is 0 Å². The number of nitrogens with zero attached hydrogens (tertiary/aromatic N) is 1. The molecule has 2 N–H and O–H groups in total. The van der Waals surface area contributed by atoms with Crippen LogP contribution in [0.5, 0.6) is 17.2 Å². The molecule has 0 saturated heterocycles. The van der Waals surface area contributed by atoms with Crippen LogP contribution in [0.1, 0.15) is 56.1 Å². The van der Waals surface area contributed by atoms with Crippen LogP contribution in [0.15, 0.2) is 65.8 Å². The summed E-state index contributed by atoms with van der Waals surface area (Å²) in [5, 5.41) is 8.25. The Morgan fingerprint density at radius 2 is 1.70 bits per heavy atom. The first-order chi connectivity index (χ1) is 22.5. The van der Waals surface area contributed by atoms with E-state index in [0.29, 0.717) is 54.5 Å². The summed E-state index contributed by atoms with van der Waals surface area (Å²) in [6.07, 6.45) is 0.567. The van der Waals surface area contributed by atoms with Gasteiger partial charge in [-0.1, -0.05) is 29.3 Å². The van der Waals surface area contributed by atoms with E-state index in [-0.39, 0.29) is 13.2 Å². The lowest BCUT2D eigenvalue weighted by atomic mass is 10.1. The van der Waals surface area contributed by atoms with Crippen molar-refractivity contribution in [3.8, 4) is 17.2 Å². The molecule has 0 spiro atoms. The summed E-state index contributed by atoms with van der Waals surface area (Å²) >= 11 is 13.8. The molecule has 1 unspecified atom stereocenters. The van der Waals surface area contributed by atoms with E-state index in [2.05, 4.69) is 15.8 Å². The molecule has 47 heavy (non-hydrogen) atoms. The standard InChI is InChI=1S/C34H33Cl2N3O7S/c1-6-44-34(42)30-19(2)21(4)47-33(30)38-32(41)23-11-13-24(14-12-23)46-20(3)31(40)39-37-17-22-10-15-28(29(16-22)43-5)45-18-25-26(35)8-7-9-27(25)36/h7-17,20H,6,18H2,1-5H3,(H,38,41)(H,39,40). The number of aryl methyl sites for hydroxylation is 1. The second-order valence-corrected chi connectivity index (χ2v) is 12.1. The number of ether oxygens (including phenoxy) is 4. The molecule has 1 heterocycles. The molecule has 0 aliphatic rings. The number of hydrazone groups is 1. The fourth-order valence-electron chi connectivity index (χ4n) is 4.25. The monoisotopic (exact) mass is 697 g/mol. The van der Waals surface area contributed by atoms with Gasteiger partial charge in [-0.3, -0.25) is 9.59 Å². The number of benzene rings is 3. The average molecular weight is 699 g/mol. The number of hydrogen-bond donors (Lipinski definition) is 2. The van der Waals surface area contributed by atoms with E-state index in [1.54, 1.807) is 74.5 Å². The maximum Gasteiger partial charge on any atom is 0.341 e. The number of amides is 2. The lowest BCUT2D eigenvalue weighted by Gasteiger charge is -2.14. The van der Waals surface area contributed by atoms with Gasteiger partial charge in [-0.25, -0.2) is 10.2 Å². The first kappa shape index (κ1) is 35.3. The van der Waals surface area contributed by atoms with Crippen LogP contribution in [0.3, 0.4) is 0 Å². The molecular formula is C34H33Cl2N3O7S. The highest BCUT2D eigenvalue weighted by Crippen LogP contribution is 2.34. The summed E-state index contributed by atoms with van der Waals surface area (Å²) in [6.45, 7) is 7.37.